The lowest BCUT2D eigenvalue weighted by Crippen LogP contribution is -2.26. The topological polar surface area (TPSA) is 80.5 Å². The largest absolute Gasteiger partial charge is 0.497 e. The number of ether oxygens (including phenoxy) is 1. The summed E-state index contributed by atoms with van der Waals surface area (Å²) in [5.74, 6) is 1.68. The molecule has 3 aromatic rings. The number of aryl methyl sites for hydroxylation is 1. The lowest BCUT2D eigenvalue weighted by Gasteiger charge is -2.20. The molecular weight excluding hydrogens is 392 g/mol. The second-order valence-corrected chi connectivity index (χ2v) is 7.25. The Hall–Kier alpha value is -3.19. The molecule has 1 amide bonds. The van der Waals surface area contributed by atoms with Crippen molar-refractivity contribution in [2.75, 3.05) is 20.2 Å². The van der Waals surface area contributed by atoms with Gasteiger partial charge in [-0.25, -0.2) is 0 Å². The van der Waals surface area contributed by atoms with Crippen molar-refractivity contribution in [1.29, 1.82) is 0 Å². The van der Waals surface area contributed by atoms with E-state index < -0.39 is 0 Å². The fourth-order valence-corrected chi connectivity index (χ4v) is 3.29. The van der Waals surface area contributed by atoms with Gasteiger partial charge in [0.2, 0.25) is 17.6 Å². The normalized spacial score (nSPS) is 11.0. The van der Waals surface area contributed by atoms with Gasteiger partial charge in [-0.05, 0) is 48.5 Å². The van der Waals surface area contributed by atoms with E-state index in [1.165, 1.54) is 5.56 Å². The van der Waals surface area contributed by atoms with E-state index in [9.17, 15) is 4.79 Å². The van der Waals surface area contributed by atoms with Crippen LogP contribution in [-0.2, 0) is 24.3 Å². The molecule has 0 aliphatic heterocycles. The van der Waals surface area contributed by atoms with E-state index in [4.69, 9.17) is 9.26 Å². The average molecular weight is 423 g/mol. The van der Waals surface area contributed by atoms with Crippen LogP contribution in [0.25, 0.3) is 11.4 Å². The van der Waals surface area contributed by atoms with Crippen LogP contribution < -0.4 is 10.1 Å². The van der Waals surface area contributed by atoms with Gasteiger partial charge in [0.25, 0.3) is 0 Å². The van der Waals surface area contributed by atoms with E-state index in [0.717, 1.165) is 36.5 Å². The van der Waals surface area contributed by atoms with Crippen molar-refractivity contribution in [3.63, 3.8) is 0 Å². The number of amides is 1. The molecule has 164 valence electrons. The molecule has 3 rings (SSSR count). The third-order valence-corrected chi connectivity index (χ3v) is 5.27. The predicted molar refractivity (Wildman–Crippen MR) is 120 cm³/mol. The number of methoxy groups -OCH3 is 1. The molecule has 0 spiro atoms. The quantitative estimate of drug-likeness (QED) is 0.506. The molecule has 0 saturated carbocycles. The van der Waals surface area contributed by atoms with Crippen LogP contribution in [0.15, 0.2) is 53.1 Å². The first kappa shape index (κ1) is 22.5. The van der Waals surface area contributed by atoms with Gasteiger partial charge in [-0.3, -0.25) is 9.69 Å². The zero-order valence-electron chi connectivity index (χ0n) is 18.4. The van der Waals surface area contributed by atoms with Crippen molar-refractivity contribution in [2.24, 2.45) is 0 Å². The van der Waals surface area contributed by atoms with Crippen LogP contribution in [0.3, 0.4) is 0 Å². The summed E-state index contributed by atoms with van der Waals surface area (Å²) in [4.78, 5) is 19.1. The Morgan fingerprint density at radius 2 is 1.77 bits per heavy atom. The number of hydrogen-bond acceptors (Lipinski definition) is 6. The molecule has 31 heavy (non-hydrogen) atoms. The second kappa shape index (κ2) is 11.3. The van der Waals surface area contributed by atoms with Crippen molar-refractivity contribution < 1.29 is 14.1 Å². The monoisotopic (exact) mass is 422 g/mol. The van der Waals surface area contributed by atoms with Crippen LogP contribution in [0.2, 0.25) is 0 Å². The van der Waals surface area contributed by atoms with E-state index in [2.05, 4.69) is 46.3 Å². The summed E-state index contributed by atoms with van der Waals surface area (Å²) in [6.45, 7) is 7.71. The molecule has 0 fully saturated rings. The van der Waals surface area contributed by atoms with Gasteiger partial charge in [0, 0.05) is 31.5 Å². The molecule has 2 aromatic carbocycles. The first-order chi connectivity index (χ1) is 15.1. The molecule has 0 bridgehead atoms. The molecule has 0 aliphatic carbocycles. The molecule has 0 saturated heterocycles. The zero-order valence-corrected chi connectivity index (χ0v) is 18.4. The number of hydrogen-bond donors (Lipinski definition) is 1. The first-order valence-corrected chi connectivity index (χ1v) is 10.7. The minimum atomic E-state index is -0.0400. The van der Waals surface area contributed by atoms with Crippen molar-refractivity contribution in [3.8, 4) is 17.1 Å². The van der Waals surface area contributed by atoms with Gasteiger partial charge in [-0.2, -0.15) is 4.98 Å². The highest BCUT2D eigenvalue weighted by atomic mass is 16.5. The highest BCUT2D eigenvalue weighted by Crippen LogP contribution is 2.20. The number of aromatic nitrogens is 2. The summed E-state index contributed by atoms with van der Waals surface area (Å²) >= 11 is 0. The lowest BCUT2D eigenvalue weighted by atomic mass is 10.1. The van der Waals surface area contributed by atoms with Crippen LogP contribution in [0.5, 0.6) is 5.75 Å². The SMILES string of the molecule is CCN(CC)Cc1ccccc1CNC(=O)CCc1nc(-c2ccc(OC)cc2)no1. The number of rotatable bonds is 11. The standard InChI is InChI=1S/C24H30N4O3/c1-4-28(5-2)17-20-9-7-6-8-19(20)16-25-22(29)14-15-23-26-24(27-31-23)18-10-12-21(30-3)13-11-18/h6-13H,4-5,14-17H2,1-3H3,(H,25,29). The summed E-state index contributed by atoms with van der Waals surface area (Å²) in [5.41, 5.74) is 3.22. The van der Waals surface area contributed by atoms with E-state index in [1.54, 1.807) is 7.11 Å². The molecule has 7 nitrogen and oxygen atoms in total. The van der Waals surface area contributed by atoms with Crippen molar-refractivity contribution in [2.45, 2.75) is 39.8 Å². The minimum absolute atomic E-state index is 0.0400. The lowest BCUT2D eigenvalue weighted by molar-refractivity contribution is -0.121. The fourth-order valence-electron chi connectivity index (χ4n) is 3.29. The van der Waals surface area contributed by atoms with Gasteiger partial charge >= 0.3 is 0 Å². The Morgan fingerprint density at radius 3 is 2.45 bits per heavy atom. The third kappa shape index (κ3) is 6.39. The van der Waals surface area contributed by atoms with Gasteiger partial charge in [-0.15, -0.1) is 0 Å². The summed E-state index contributed by atoms with van der Waals surface area (Å²) in [6, 6.07) is 15.7. The molecule has 0 atom stereocenters. The number of nitrogens with one attached hydrogen (secondary N) is 1. The molecule has 7 heteroatoms. The number of nitrogens with zero attached hydrogens (tertiary/aromatic N) is 3. The van der Waals surface area contributed by atoms with E-state index in [0.29, 0.717) is 31.1 Å². The average Bonchev–Trinajstić information content (AvgIpc) is 3.29. The van der Waals surface area contributed by atoms with E-state index in [1.807, 2.05) is 36.4 Å². The molecule has 1 N–H and O–H groups in total. The Bertz CT molecular complexity index is 965. The van der Waals surface area contributed by atoms with Crippen molar-refractivity contribution in [3.05, 3.63) is 65.5 Å². The minimum Gasteiger partial charge on any atom is -0.497 e. The van der Waals surface area contributed by atoms with Crippen molar-refractivity contribution >= 4 is 5.91 Å². The maximum absolute atomic E-state index is 12.4. The third-order valence-electron chi connectivity index (χ3n) is 5.27. The molecule has 0 unspecified atom stereocenters. The Balaban J connectivity index is 1.50. The summed E-state index contributed by atoms with van der Waals surface area (Å²) in [6.07, 6.45) is 0.693. The zero-order chi connectivity index (χ0) is 22.1. The maximum Gasteiger partial charge on any atom is 0.227 e. The van der Waals surface area contributed by atoms with E-state index >= 15 is 0 Å². The van der Waals surface area contributed by atoms with Crippen LogP contribution >= 0.6 is 0 Å². The van der Waals surface area contributed by atoms with Crippen LogP contribution in [-0.4, -0.2) is 41.1 Å². The highest BCUT2D eigenvalue weighted by molar-refractivity contribution is 5.76. The number of benzene rings is 2. The predicted octanol–water partition coefficient (Wildman–Crippen LogP) is 3.84. The molecule has 0 aliphatic rings. The Labute approximate surface area is 183 Å². The van der Waals surface area contributed by atoms with Crippen LogP contribution in [0.4, 0.5) is 0 Å². The second-order valence-electron chi connectivity index (χ2n) is 7.25. The summed E-state index contributed by atoms with van der Waals surface area (Å²) < 4.78 is 10.5. The highest BCUT2D eigenvalue weighted by Gasteiger charge is 2.12. The summed E-state index contributed by atoms with van der Waals surface area (Å²) in [5, 5.41) is 7.01. The number of carbonyl (C=O) groups is 1. The fraction of sp³-hybridized carbons (Fsp3) is 0.375. The van der Waals surface area contributed by atoms with Gasteiger partial charge < -0.3 is 14.6 Å². The molecular formula is C24H30N4O3. The van der Waals surface area contributed by atoms with Gasteiger partial charge in [0.15, 0.2) is 0 Å². The number of carbonyl (C=O) groups excluding carboxylic acids is 1. The Morgan fingerprint density at radius 1 is 1.06 bits per heavy atom. The molecule has 1 heterocycles. The van der Waals surface area contributed by atoms with Crippen molar-refractivity contribution in [1.82, 2.24) is 20.4 Å². The smallest absolute Gasteiger partial charge is 0.227 e. The van der Waals surface area contributed by atoms with Gasteiger partial charge in [-0.1, -0.05) is 43.3 Å². The van der Waals surface area contributed by atoms with Crippen LogP contribution in [0, 0.1) is 0 Å². The Kier molecular flexibility index (Phi) is 8.18. The van der Waals surface area contributed by atoms with Crippen LogP contribution in [0.1, 0.15) is 37.3 Å². The summed E-state index contributed by atoms with van der Waals surface area (Å²) in [7, 11) is 1.62. The molecule has 0 radical (unpaired) electrons. The molecule has 1 aromatic heterocycles. The van der Waals surface area contributed by atoms with Gasteiger partial charge in [0.05, 0.1) is 7.11 Å². The maximum atomic E-state index is 12.4. The van der Waals surface area contributed by atoms with Gasteiger partial charge in [0.1, 0.15) is 5.75 Å². The first-order valence-electron chi connectivity index (χ1n) is 10.7. The van der Waals surface area contributed by atoms with E-state index in [-0.39, 0.29) is 5.91 Å².